The van der Waals surface area contributed by atoms with Crippen molar-refractivity contribution in [3.63, 3.8) is 0 Å². The van der Waals surface area contributed by atoms with E-state index in [4.69, 9.17) is 0 Å². The average Bonchev–Trinajstić information content (AvgIpc) is 2.21. The Morgan fingerprint density at radius 2 is 2.00 bits per heavy atom. The van der Waals surface area contributed by atoms with E-state index in [1.807, 2.05) is 20.8 Å². The molecule has 1 rings (SSSR count). The molecule has 1 amide bonds. The van der Waals surface area contributed by atoms with Crippen LogP contribution in [0.4, 0.5) is 5.69 Å². The van der Waals surface area contributed by atoms with Gasteiger partial charge in [-0.2, -0.15) is 0 Å². The summed E-state index contributed by atoms with van der Waals surface area (Å²) >= 11 is 0. The first-order valence-electron chi connectivity index (χ1n) is 5.63. The van der Waals surface area contributed by atoms with Crippen molar-refractivity contribution in [1.29, 1.82) is 0 Å². The van der Waals surface area contributed by atoms with E-state index >= 15 is 0 Å². The summed E-state index contributed by atoms with van der Waals surface area (Å²) in [5, 5.41) is 15.5. The van der Waals surface area contributed by atoms with Gasteiger partial charge >= 0.3 is 0 Å². The summed E-state index contributed by atoms with van der Waals surface area (Å²) in [5.41, 5.74) is 1.09. The molecule has 4 heteroatoms. The third kappa shape index (κ3) is 4.44. The van der Waals surface area contributed by atoms with E-state index < -0.39 is 0 Å². The molecule has 3 N–H and O–H groups in total. The number of aromatic hydroxyl groups is 1. The Morgan fingerprint density at radius 1 is 1.35 bits per heavy atom. The second-order valence-electron chi connectivity index (χ2n) is 5.12. The van der Waals surface area contributed by atoms with Crippen LogP contribution in [0.15, 0.2) is 18.2 Å². The van der Waals surface area contributed by atoms with E-state index in [0.29, 0.717) is 5.69 Å². The zero-order valence-corrected chi connectivity index (χ0v) is 10.8. The third-order valence-electron chi connectivity index (χ3n) is 2.29. The van der Waals surface area contributed by atoms with E-state index in [-0.39, 0.29) is 23.7 Å². The lowest BCUT2D eigenvalue weighted by atomic mass is 10.1. The number of carbonyl (C=O) groups excluding carboxylic acids is 1. The quantitative estimate of drug-likeness (QED) is 0.704. The number of benzene rings is 1. The van der Waals surface area contributed by atoms with E-state index in [9.17, 15) is 9.90 Å². The van der Waals surface area contributed by atoms with Crippen LogP contribution in [0.2, 0.25) is 0 Å². The predicted octanol–water partition coefficient (Wildman–Crippen LogP) is 2.03. The van der Waals surface area contributed by atoms with E-state index in [1.165, 1.54) is 0 Å². The van der Waals surface area contributed by atoms with Crippen LogP contribution in [0.1, 0.15) is 26.3 Å². The Hall–Kier alpha value is -1.55. The zero-order chi connectivity index (χ0) is 13.1. The molecule has 0 spiro atoms. The highest BCUT2D eigenvalue weighted by molar-refractivity contribution is 5.93. The number of anilines is 1. The number of hydrogen-bond donors (Lipinski definition) is 3. The van der Waals surface area contributed by atoms with Crippen LogP contribution < -0.4 is 10.6 Å². The molecular formula is C13H20N2O2. The molecule has 0 atom stereocenters. The van der Waals surface area contributed by atoms with Crippen molar-refractivity contribution in [3.05, 3.63) is 23.8 Å². The minimum Gasteiger partial charge on any atom is -0.505 e. The van der Waals surface area contributed by atoms with Crippen molar-refractivity contribution in [2.75, 3.05) is 11.9 Å². The van der Waals surface area contributed by atoms with Gasteiger partial charge in [-0.1, -0.05) is 12.1 Å². The minimum atomic E-state index is -0.166. The first-order chi connectivity index (χ1) is 7.79. The molecule has 0 aliphatic carbocycles. The minimum absolute atomic E-state index is 0.105. The lowest BCUT2D eigenvalue weighted by molar-refractivity contribution is -0.115. The van der Waals surface area contributed by atoms with Crippen LogP contribution in [0.25, 0.3) is 0 Å². The van der Waals surface area contributed by atoms with Gasteiger partial charge in [0.15, 0.2) is 0 Å². The van der Waals surface area contributed by atoms with Gasteiger partial charge in [0.2, 0.25) is 5.91 Å². The number of para-hydroxylation sites is 1. The summed E-state index contributed by atoms with van der Waals surface area (Å²) in [6, 6.07) is 5.26. The van der Waals surface area contributed by atoms with Crippen LogP contribution >= 0.6 is 0 Å². The number of phenolic OH excluding ortho intramolecular Hbond substituents is 1. The standard InChI is InChI=1S/C13H20N2O2/c1-9-6-5-7-10(12(9)17)15-11(16)8-14-13(2,3)4/h5-7,14,17H,8H2,1-4H3,(H,15,16). The fraction of sp³-hybridized carbons (Fsp3) is 0.462. The number of carbonyl (C=O) groups is 1. The molecule has 94 valence electrons. The smallest absolute Gasteiger partial charge is 0.238 e. The molecule has 0 bridgehead atoms. The molecule has 0 saturated carbocycles. The first kappa shape index (κ1) is 13.5. The molecule has 0 heterocycles. The van der Waals surface area contributed by atoms with Crippen molar-refractivity contribution >= 4 is 11.6 Å². The monoisotopic (exact) mass is 236 g/mol. The zero-order valence-electron chi connectivity index (χ0n) is 10.8. The van der Waals surface area contributed by atoms with Crippen molar-refractivity contribution in [3.8, 4) is 5.75 Å². The Bertz CT molecular complexity index is 408. The largest absolute Gasteiger partial charge is 0.505 e. The van der Waals surface area contributed by atoms with Gasteiger partial charge in [-0.05, 0) is 39.3 Å². The van der Waals surface area contributed by atoms with E-state index in [2.05, 4.69) is 10.6 Å². The van der Waals surface area contributed by atoms with Gasteiger partial charge in [0.25, 0.3) is 0 Å². The average molecular weight is 236 g/mol. The topological polar surface area (TPSA) is 61.4 Å². The van der Waals surface area contributed by atoms with Gasteiger partial charge in [-0.3, -0.25) is 4.79 Å². The van der Waals surface area contributed by atoms with Crippen molar-refractivity contribution in [1.82, 2.24) is 5.32 Å². The van der Waals surface area contributed by atoms with Gasteiger partial charge in [0.1, 0.15) is 5.75 Å². The fourth-order valence-electron chi connectivity index (χ4n) is 1.30. The number of aryl methyl sites for hydroxylation is 1. The van der Waals surface area contributed by atoms with Crippen molar-refractivity contribution in [2.24, 2.45) is 0 Å². The first-order valence-corrected chi connectivity index (χ1v) is 5.63. The molecule has 0 saturated heterocycles. The molecular weight excluding hydrogens is 216 g/mol. The Morgan fingerprint density at radius 3 is 2.59 bits per heavy atom. The van der Waals surface area contributed by atoms with Crippen LogP contribution in [0, 0.1) is 6.92 Å². The van der Waals surface area contributed by atoms with Crippen LogP contribution in [-0.2, 0) is 4.79 Å². The summed E-state index contributed by atoms with van der Waals surface area (Å²) in [7, 11) is 0. The molecule has 0 aromatic heterocycles. The molecule has 17 heavy (non-hydrogen) atoms. The lowest BCUT2D eigenvalue weighted by Crippen LogP contribution is -2.41. The Balaban J connectivity index is 2.60. The molecule has 1 aromatic carbocycles. The second kappa shape index (κ2) is 5.19. The van der Waals surface area contributed by atoms with Gasteiger partial charge in [0, 0.05) is 5.54 Å². The Kier molecular flexibility index (Phi) is 4.12. The fourth-order valence-corrected chi connectivity index (χ4v) is 1.30. The SMILES string of the molecule is Cc1cccc(NC(=O)CNC(C)(C)C)c1O. The van der Waals surface area contributed by atoms with Crippen LogP contribution in [0.5, 0.6) is 5.75 Å². The number of nitrogens with one attached hydrogen (secondary N) is 2. The van der Waals surface area contributed by atoms with Gasteiger partial charge in [-0.15, -0.1) is 0 Å². The van der Waals surface area contributed by atoms with Gasteiger partial charge in [0.05, 0.1) is 12.2 Å². The highest BCUT2D eigenvalue weighted by Gasteiger charge is 2.12. The summed E-state index contributed by atoms with van der Waals surface area (Å²) in [6.45, 7) is 7.98. The van der Waals surface area contributed by atoms with Crippen molar-refractivity contribution in [2.45, 2.75) is 33.2 Å². The number of phenols is 1. The third-order valence-corrected chi connectivity index (χ3v) is 2.29. The number of hydrogen-bond acceptors (Lipinski definition) is 3. The Labute approximate surface area is 102 Å². The lowest BCUT2D eigenvalue weighted by Gasteiger charge is -2.20. The summed E-state index contributed by atoms with van der Waals surface area (Å²) < 4.78 is 0. The van der Waals surface area contributed by atoms with E-state index in [1.54, 1.807) is 25.1 Å². The summed E-state index contributed by atoms with van der Waals surface area (Å²) in [4.78, 5) is 11.6. The highest BCUT2D eigenvalue weighted by Crippen LogP contribution is 2.26. The number of rotatable bonds is 3. The van der Waals surface area contributed by atoms with Gasteiger partial charge in [-0.25, -0.2) is 0 Å². The molecule has 0 radical (unpaired) electrons. The van der Waals surface area contributed by atoms with Crippen LogP contribution in [-0.4, -0.2) is 23.1 Å². The molecule has 0 fully saturated rings. The predicted molar refractivity (Wildman–Crippen MR) is 69.2 cm³/mol. The number of amides is 1. The summed E-state index contributed by atoms with van der Waals surface area (Å²) in [6.07, 6.45) is 0. The molecule has 4 nitrogen and oxygen atoms in total. The van der Waals surface area contributed by atoms with Crippen molar-refractivity contribution < 1.29 is 9.90 Å². The molecule has 0 aliphatic rings. The normalized spacial score (nSPS) is 11.3. The second-order valence-corrected chi connectivity index (χ2v) is 5.12. The molecule has 1 aromatic rings. The van der Waals surface area contributed by atoms with E-state index in [0.717, 1.165) is 5.56 Å². The maximum Gasteiger partial charge on any atom is 0.238 e. The van der Waals surface area contributed by atoms with Crippen LogP contribution in [0.3, 0.4) is 0 Å². The highest BCUT2D eigenvalue weighted by atomic mass is 16.3. The molecule has 0 aliphatic heterocycles. The summed E-state index contributed by atoms with van der Waals surface area (Å²) in [5.74, 6) is -0.0440. The maximum atomic E-state index is 11.6. The maximum absolute atomic E-state index is 11.6. The van der Waals surface area contributed by atoms with Gasteiger partial charge < -0.3 is 15.7 Å². The molecule has 0 unspecified atom stereocenters.